The maximum atomic E-state index is 12.3. The second-order valence-electron chi connectivity index (χ2n) is 8.64. The molecule has 0 unspecified atom stereocenters. The molecule has 8 heteroatoms. The lowest BCUT2D eigenvalue weighted by molar-refractivity contribution is -0.122. The van der Waals surface area contributed by atoms with E-state index in [1.54, 1.807) is 24.3 Å². The summed E-state index contributed by atoms with van der Waals surface area (Å²) < 4.78 is 0. The Hall–Kier alpha value is -3.32. The lowest BCUT2D eigenvalue weighted by Crippen LogP contribution is -2.46. The molecular weight excluding hydrogens is 440 g/mol. The Morgan fingerprint density at radius 2 is 1.76 bits per heavy atom. The number of carboxylic acid groups (broad SMARTS) is 1. The number of halogens is 1. The summed E-state index contributed by atoms with van der Waals surface area (Å²) >= 11 is 6.13. The molecule has 2 fully saturated rings. The number of carboxylic acids is 1. The number of aromatic carboxylic acids is 1. The highest BCUT2D eigenvalue weighted by atomic mass is 35.5. The zero-order valence-corrected chi connectivity index (χ0v) is 18.9. The normalized spacial score (nSPS) is 16.5. The summed E-state index contributed by atoms with van der Waals surface area (Å²) in [5, 5.41) is 14.0. The summed E-state index contributed by atoms with van der Waals surface area (Å²) in [5.74, 6) is -0.300. The number of benzene rings is 2. The van der Waals surface area contributed by atoms with Crippen LogP contribution in [0.4, 0.5) is 17.2 Å². The fourth-order valence-corrected chi connectivity index (χ4v) is 4.59. The van der Waals surface area contributed by atoms with Crippen LogP contribution in [0.15, 0.2) is 48.5 Å². The number of hydrogen-bond acceptors (Lipinski definition) is 5. The average molecular weight is 465 g/mol. The Kier molecular flexibility index (Phi) is 5.81. The number of nitrogens with one attached hydrogen (secondary N) is 1. The van der Waals surface area contributed by atoms with Crippen molar-refractivity contribution < 1.29 is 14.7 Å². The molecule has 0 radical (unpaired) electrons. The topological polar surface area (TPSA) is 85.8 Å². The zero-order valence-electron chi connectivity index (χ0n) is 18.1. The van der Waals surface area contributed by atoms with E-state index in [1.807, 2.05) is 24.3 Å². The van der Waals surface area contributed by atoms with Crippen molar-refractivity contribution in [3.63, 3.8) is 0 Å². The zero-order chi connectivity index (χ0) is 22.9. The van der Waals surface area contributed by atoms with Crippen LogP contribution in [0.25, 0.3) is 10.9 Å². The van der Waals surface area contributed by atoms with Crippen LogP contribution in [0.3, 0.4) is 0 Å². The predicted octanol–water partition coefficient (Wildman–Crippen LogP) is 4.65. The van der Waals surface area contributed by atoms with Crippen molar-refractivity contribution in [1.29, 1.82) is 0 Å². The molecule has 5 rings (SSSR count). The van der Waals surface area contributed by atoms with Crippen molar-refractivity contribution in [1.82, 2.24) is 4.98 Å². The van der Waals surface area contributed by atoms with Crippen LogP contribution < -0.4 is 15.1 Å². The number of carbonyl (C=O) groups is 2. The van der Waals surface area contributed by atoms with Crippen LogP contribution in [0.5, 0.6) is 0 Å². The van der Waals surface area contributed by atoms with E-state index in [0.717, 1.165) is 51.1 Å². The van der Waals surface area contributed by atoms with Gasteiger partial charge in [0.15, 0.2) is 0 Å². The third-order valence-corrected chi connectivity index (χ3v) is 6.78. The predicted molar refractivity (Wildman–Crippen MR) is 131 cm³/mol. The van der Waals surface area contributed by atoms with Crippen molar-refractivity contribution in [3.05, 3.63) is 59.1 Å². The van der Waals surface area contributed by atoms with Crippen molar-refractivity contribution in [2.75, 3.05) is 41.3 Å². The van der Waals surface area contributed by atoms with Crippen LogP contribution >= 0.6 is 11.6 Å². The highest BCUT2D eigenvalue weighted by Gasteiger charge is 2.26. The molecule has 1 saturated heterocycles. The molecular formula is C25H25ClN4O3. The fourth-order valence-electron chi connectivity index (χ4n) is 4.41. The highest BCUT2D eigenvalue weighted by molar-refractivity contribution is 6.30. The van der Waals surface area contributed by atoms with Gasteiger partial charge in [-0.25, -0.2) is 9.78 Å². The third kappa shape index (κ3) is 4.46. The monoisotopic (exact) mass is 464 g/mol. The van der Waals surface area contributed by atoms with Crippen LogP contribution in [-0.4, -0.2) is 48.1 Å². The van der Waals surface area contributed by atoms with E-state index in [2.05, 4.69) is 15.1 Å². The molecule has 1 aliphatic carbocycles. The van der Waals surface area contributed by atoms with Gasteiger partial charge in [-0.1, -0.05) is 24.1 Å². The van der Waals surface area contributed by atoms with Crippen molar-refractivity contribution in [3.8, 4) is 0 Å². The molecule has 0 atom stereocenters. The number of pyridine rings is 1. The first-order valence-corrected chi connectivity index (χ1v) is 11.6. The molecule has 1 aliphatic heterocycles. The SMILES string of the molecule is O=C(O)c1cc(N2CCN(c3cccc(Cl)c3)CC2)nc2ccc(NC(=O)C3CCC3)cc12. The van der Waals surface area contributed by atoms with E-state index in [1.165, 1.54) is 0 Å². The van der Waals surface area contributed by atoms with Gasteiger partial charge in [-0.3, -0.25) is 4.79 Å². The Bertz CT molecular complexity index is 1220. The van der Waals surface area contributed by atoms with Gasteiger partial charge >= 0.3 is 5.97 Å². The summed E-state index contributed by atoms with van der Waals surface area (Å²) in [4.78, 5) is 33.5. The van der Waals surface area contributed by atoms with Gasteiger partial charge in [0.1, 0.15) is 5.82 Å². The number of aromatic nitrogens is 1. The smallest absolute Gasteiger partial charge is 0.336 e. The minimum Gasteiger partial charge on any atom is -0.478 e. The van der Waals surface area contributed by atoms with Gasteiger partial charge in [0.2, 0.25) is 5.91 Å². The standard InChI is InChI=1S/C25H25ClN4O3/c26-17-5-2-6-19(13-17)29-9-11-30(12-10-29)23-15-21(25(32)33)20-14-18(7-8-22(20)28-23)27-24(31)16-3-1-4-16/h2,5-8,13-16H,1,3-4,9-12H2,(H,27,31)(H,32,33). The molecule has 170 valence electrons. The molecule has 2 aliphatic rings. The summed E-state index contributed by atoms with van der Waals surface area (Å²) in [5.41, 5.74) is 2.47. The molecule has 33 heavy (non-hydrogen) atoms. The van der Waals surface area contributed by atoms with Gasteiger partial charge in [-0.05, 0) is 55.3 Å². The first kappa shape index (κ1) is 21.5. The first-order valence-electron chi connectivity index (χ1n) is 11.2. The van der Waals surface area contributed by atoms with E-state index >= 15 is 0 Å². The molecule has 2 N–H and O–H groups in total. The van der Waals surface area contributed by atoms with E-state index in [-0.39, 0.29) is 17.4 Å². The minimum absolute atomic E-state index is 0.000344. The second-order valence-corrected chi connectivity index (χ2v) is 9.07. The van der Waals surface area contributed by atoms with Crippen LogP contribution in [0, 0.1) is 5.92 Å². The quantitative estimate of drug-likeness (QED) is 0.571. The Labute approximate surface area is 197 Å². The fraction of sp³-hybridized carbons (Fsp3) is 0.320. The lowest BCUT2D eigenvalue weighted by Gasteiger charge is -2.37. The number of amides is 1. The molecule has 2 heterocycles. The molecule has 2 aromatic carbocycles. The maximum Gasteiger partial charge on any atom is 0.336 e. The van der Waals surface area contributed by atoms with Crippen LogP contribution in [0.1, 0.15) is 29.6 Å². The van der Waals surface area contributed by atoms with E-state index in [9.17, 15) is 14.7 Å². The van der Waals surface area contributed by atoms with Gasteiger partial charge in [0.25, 0.3) is 0 Å². The second kappa shape index (κ2) is 8.90. The number of hydrogen-bond donors (Lipinski definition) is 2. The summed E-state index contributed by atoms with van der Waals surface area (Å²) in [6, 6.07) is 14.7. The van der Waals surface area contributed by atoms with Crippen molar-refractivity contribution >= 4 is 51.6 Å². The number of rotatable bonds is 5. The number of nitrogens with zero attached hydrogens (tertiary/aromatic N) is 3. The van der Waals surface area contributed by atoms with Gasteiger partial charge in [-0.15, -0.1) is 0 Å². The van der Waals surface area contributed by atoms with Crippen LogP contribution in [0.2, 0.25) is 5.02 Å². The van der Waals surface area contributed by atoms with E-state index in [4.69, 9.17) is 16.6 Å². The molecule has 0 spiro atoms. The lowest BCUT2D eigenvalue weighted by atomic mass is 9.85. The molecule has 1 saturated carbocycles. The number of anilines is 3. The maximum absolute atomic E-state index is 12.3. The van der Waals surface area contributed by atoms with Crippen molar-refractivity contribution in [2.24, 2.45) is 5.92 Å². The van der Waals surface area contributed by atoms with Crippen molar-refractivity contribution in [2.45, 2.75) is 19.3 Å². The molecule has 1 aromatic heterocycles. The summed E-state index contributed by atoms with van der Waals surface area (Å²) in [7, 11) is 0. The largest absolute Gasteiger partial charge is 0.478 e. The molecule has 0 bridgehead atoms. The average Bonchev–Trinajstić information content (AvgIpc) is 2.77. The molecule has 1 amide bonds. The first-order chi connectivity index (χ1) is 16.0. The number of carbonyl (C=O) groups excluding carboxylic acids is 1. The van der Waals surface area contributed by atoms with Gasteiger partial charge in [0.05, 0.1) is 11.1 Å². The highest BCUT2D eigenvalue weighted by Crippen LogP contribution is 2.30. The number of piperazine rings is 1. The minimum atomic E-state index is -1.01. The van der Waals surface area contributed by atoms with Gasteiger partial charge in [0, 0.05) is 53.9 Å². The van der Waals surface area contributed by atoms with E-state index in [0.29, 0.717) is 27.4 Å². The van der Waals surface area contributed by atoms with Crippen LogP contribution in [-0.2, 0) is 4.79 Å². The summed E-state index contributed by atoms with van der Waals surface area (Å²) in [6.45, 7) is 3.02. The molecule has 7 nitrogen and oxygen atoms in total. The van der Waals surface area contributed by atoms with E-state index < -0.39 is 5.97 Å². The Morgan fingerprint density at radius 1 is 1.00 bits per heavy atom. The molecule has 3 aromatic rings. The van der Waals surface area contributed by atoms with Gasteiger partial charge in [-0.2, -0.15) is 0 Å². The third-order valence-electron chi connectivity index (χ3n) is 6.55. The summed E-state index contributed by atoms with van der Waals surface area (Å²) in [6.07, 6.45) is 2.91. The number of fused-ring (bicyclic) bond motifs is 1. The van der Waals surface area contributed by atoms with Gasteiger partial charge < -0.3 is 20.2 Å². The Balaban J connectivity index is 1.37. The Morgan fingerprint density at radius 3 is 2.42 bits per heavy atom.